The van der Waals surface area contributed by atoms with E-state index in [9.17, 15) is 4.79 Å². The summed E-state index contributed by atoms with van der Waals surface area (Å²) in [5.41, 5.74) is 12.2. The molecule has 0 unspecified atom stereocenters. The van der Waals surface area contributed by atoms with Crippen LogP contribution >= 0.6 is 0 Å². The van der Waals surface area contributed by atoms with E-state index >= 15 is 0 Å². The Morgan fingerprint density at radius 1 is 1.20 bits per heavy atom. The Morgan fingerprint density at radius 3 is 2.40 bits per heavy atom. The van der Waals surface area contributed by atoms with Crippen LogP contribution in [0, 0.1) is 0 Å². The lowest BCUT2D eigenvalue weighted by Crippen LogP contribution is -2.15. The van der Waals surface area contributed by atoms with Crippen LogP contribution in [0.4, 0.5) is 5.95 Å². The Morgan fingerprint density at radius 2 is 1.85 bits per heavy atom. The molecule has 0 atom stereocenters. The lowest BCUT2D eigenvalue weighted by Gasteiger charge is -2.10. The minimum absolute atomic E-state index is 0.0128. The second kappa shape index (κ2) is 5.56. The summed E-state index contributed by atoms with van der Waals surface area (Å²) < 4.78 is 5.56. The van der Waals surface area contributed by atoms with Crippen LogP contribution in [0.2, 0.25) is 0 Å². The molecule has 4 N–H and O–H groups in total. The van der Waals surface area contributed by atoms with E-state index in [-0.39, 0.29) is 17.7 Å². The first-order chi connectivity index (χ1) is 9.45. The number of nitrogens with zero attached hydrogens (tertiary/aromatic N) is 2. The van der Waals surface area contributed by atoms with Crippen molar-refractivity contribution in [3.8, 4) is 17.0 Å². The predicted molar refractivity (Wildman–Crippen MR) is 76.2 cm³/mol. The summed E-state index contributed by atoms with van der Waals surface area (Å²) in [6, 6.07) is 8.85. The van der Waals surface area contributed by atoms with E-state index in [0.29, 0.717) is 5.69 Å². The second-order valence-electron chi connectivity index (χ2n) is 4.55. The topological polar surface area (TPSA) is 104 Å². The summed E-state index contributed by atoms with van der Waals surface area (Å²) in [5.74, 6) is 0.139. The average Bonchev–Trinajstić information content (AvgIpc) is 2.38. The van der Waals surface area contributed by atoms with Gasteiger partial charge in [-0.1, -0.05) is 0 Å². The molecule has 1 amide bonds. The van der Waals surface area contributed by atoms with Gasteiger partial charge in [0.1, 0.15) is 11.4 Å². The van der Waals surface area contributed by atoms with Crippen molar-refractivity contribution in [2.24, 2.45) is 5.73 Å². The number of benzene rings is 1. The van der Waals surface area contributed by atoms with Crippen molar-refractivity contribution in [3.05, 3.63) is 36.0 Å². The first-order valence-corrected chi connectivity index (χ1v) is 6.17. The molecule has 0 fully saturated rings. The molecule has 0 bridgehead atoms. The third kappa shape index (κ3) is 3.23. The molecule has 1 aromatic carbocycles. The van der Waals surface area contributed by atoms with E-state index in [2.05, 4.69) is 9.97 Å². The molecule has 6 heteroatoms. The van der Waals surface area contributed by atoms with E-state index in [1.54, 1.807) is 0 Å². The van der Waals surface area contributed by atoms with Crippen molar-refractivity contribution < 1.29 is 9.53 Å². The van der Waals surface area contributed by atoms with Crippen molar-refractivity contribution in [2.45, 2.75) is 20.0 Å². The summed E-state index contributed by atoms with van der Waals surface area (Å²) in [7, 11) is 0. The number of hydrogen-bond acceptors (Lipinski definition) is 5. The molecule has 6 nitrogen and oxygen atoms in total. The van der Waals surface area contributed by atoms with Gasteiger partial charge < -0.3 is 16.2 Å². The number of amides is 1. The van der Waals surface area contributed by atoms with E-state index in [0.717, 1.165) is 11.3 Å². The molecule has 2 aromatic rings. The van der Waals surface area contributed by atoms with Gasteiger partial charge in [0, 0.05) is 5.56 Å². The molecule has 20 heavy (non-hydrogen) atoms. The van der Waals surface area contributed by atoms with Crippen LogP contribution in [0.1, 0.15) is 24.3 Å². The van der Waals surface area contributed by atoms with E-state index in [1.807, 2.05) is 38.1 Å². The highest BCUT2D eigenvalue weighted by Gasteiger charge is 2.09. The van der Waals surface area contributed by atoms with Crippen LogP contribution in [0.25, 0.3) is 11.3 Å². The van der Waals surface area contributed by atoms with E-state index in [1.165, 1.54) is 6.07 Å². The maximum atomic E-state index is 11.2. The number of anilines is 1. The minimum atomic E-state index is -0.639. The molecular weight excluding hydrogens is 256 g/mol. The van der Waals surface area contributed by atoms with Gasteiger partial charge in [-0.05, 0) is 44.2 Å². The third-order valence-electron chi connectivity index (χ3n) is 2.52. The number of primary amides is 1. The molecular formula is C14H16N4O2. The molecule has 0 radical (unpaired) electrons. The summed E-state index contributed by atoms with van der Waals surface area (Å²) >= 11 is 0. The van der Waals surface area contributed by atoms with Gasteiger partial charge in [0.15, 0.2) is 0 Å². The fourth-order valence-electron chi connectivity index (χ4n) is 1.72. The molecule has 104 valence electrons. The van der Waals surface area contributed by atoms with Gasteiger partial charge in [-0.2, -0.15) is 0 Å². The number of carbonyl (C=O) groups is 1. The molecule has 0 aliphatic heterocycles. The summed E-state index contributed by atoms with van der Waals surface area (Å²) in [4.78, 5) is 19.0. The fraction of sp³-hybridized carbons (Fsp3) is 0.214. The Kier molecular flexibility index (Phi) is 3.84. The zero-order valence-electron chi connectivity index (χ0n) is 11.3. The van der Waals surface area contributed by atoms with Gasteiger partial charge in [0.2, 0.25) is 5.95 Å². The van der Waals surface area contributed by atoms with Gasteiger partial charge >= 0.3 is 0 Å². The number of nitrogen functional groups attached to an aromatic ring is 1. The van der Waals surface area contributed by atoms with Gasteiger partial charge in [-0.15, -0.1) is 0 Å². The predicted octanol–water partition coefficient (Wildman–Crippen LogP) is 1.61. The highest BCUT2D eigenvalue weighted by atomic mass is 16.5. The molecule has 2 rings (SSSR count). The SMILES string of the molecule is CC(C)Oc1ccc(-c2cc(C(N)=O)nc(N)n2)cc1. The summed E-state index contributed by atoms with van der Waals surface area (Å²) in [5, 5.41) is 0. The van der Waals surface area contributed by atoms with E-state index in [4.69, 9.17) is 16.2 Å². The largest absolute Gasteiger partial charge is 0.491 e. The lowest BCUT2D eigenvalue weighted by atomic mass is 10.1. The molecule has 0 aliphatic rings. The Hall–Kier alpha value is -2.63. The highest BCUT2D eigenvalue weighted by Crippen LogP contribution is 2.22. The first kappa shape index (κ1) is 13.8. The smallest absolute Gasteiger partial charge is 0.267 e. The maximum absolute atomic E-state index is 11.2. The van der Waals surface area contributed by atoms with Crippen LogP contribution in [-0.4, -0.2) is 22.0 Å². The van der Waals surface area contributed by atoms with Crippen LogP contribution in [0.3, 0.4) is 0 Å². The Balaban J connectivity index is 2.34. The molecule has 1 aromatic heterocycles. The van der Waals surface area contributed by atoms with Crippen molar-refractivity contribution in [1.82, 2.24) is 9.97 Å². The van der Waals surface area contributed by atoms with Crippen molar-refractivity contribution in [1.29, 1.82) is 0 Å². The molecule has 1 heterocycles. The number of aromatic nitrogens is 2. The number of hydrogen-bond donors (Lipinski definition) is 2. The molecule has 0 aliphatic carbocycles. The molecule has 0 saturated carbocycles. The van der Waals surface area contributed by atoms with Gasteiger partial charge in [-0.3, -0.25) is 4.79 Å². The summed E-state index contributed by atoms with van der Waals surface area (Å²) in [6.45, 7) is 3.91. The quantitative estimate of drug-likeness (QED) is 0.879. The number of carbonyl (C=O) groups excluding carboxylic acids is 1. The first-order valence-electron chi connectivity index (χ1n) is 6.17. The standard InChI is InChI=1S/C14H16N4O2/c1-8(2)20-10-5-3-9(4-6-10)11-7-12(13(15)19)18-14(16)17-11/h3-8H,1-2H3,(H2,15,19)(H2,16,17,18). The normalized spacial score (nSPS) is 10.6. The highest BCUT2D eigenvalue weighted by molar-refractivity contribution is 5.92. The number of nitrogens with two attached hydrogens (primary N) is 2. The van der Waals surface area contributed by atoms with Crippen molar-refractivity contribution >= 4 is 11.9 Å². The minimum Gasteiger partial charge on any atom is -0.491 e. The molecule has 0 saturated heterocycles. The Bertz CT molecular complexity index is 624. The fourth-order valence-corrected chi connectivity index (χ4v) is 1.72. The zero-order valence-corrected chi connectivity index (χ0v) is 11.3. The van der Waals surface area contributed by atoms with Crippen molar-refractivity contribution in [3.63, 3.8) is 0 Å². The average molecular weight is 272 g/mol. The van der Waals surface area contributed by atoms with E-state index < -0.39 is 5.91 Å². The number of ether oxygens (including phenoxy) is 1. The van der Waals surface area contributed by atoms with Gasteiger partial charge in [0.25, 0.3) is 5.91 Å². The second-order valence-corrected chi connectivity index (χ2v) is 4.55. The van der Waals surface area contributed by atoms with Crippen LogP contribution in [-0.2, 0) is 0 Å². The third-order valence-corrected chi connectivity index (χ3v) is 2.52. The Labute approximate surface area is 116 Å². The van der Waals surface area contributed by atoms with Crippen LogP contribution < -0.4 is 16.2 Å². The number of rotatable bonds is 4. The van der Waals surface area contributed by atoms with Gasteiger partial charge in [-0.25, -0.2) is 9.97 Å². The van der Waals surface area contributed by atoms with Crippen LogP contribution in [0.15, 0.2) is 30.3 Å². The van der Waals surface area contributed by atoms with Crippen LogP contribution in [0.5, 0.6) is 5.75 Å². The summed E-state index contributed by atoms with van der Waals surface area (Å²) in [6.07, 6.45) is 0.108. The molecule has 0 spiro atoms. The zero-order chi connectivity index (χ0) is 14.7. The van der Waals surface area contributed by atoms with Gasteiger partial charge in [0.05, 0.1) is 11.8 Å². The monoisotopic (exact) mass is 272 g/mol. The van der Waals surface area contributed by atoms with Crippen molar-refractivity contribution in [2.75, 3.05) is 5.73 Å². The lowest BCUT2D eigenvalue weighted by molar-refractivity contribution is 0.0995. The maximum Gasteiger partial charge on any atom is 0.267 e.